The van der Waals surface area contributed by atoms with Crippen molar-refractivity contribution in [3.05, 3.63) is 35.4 Å². The molecule has 1 N–H and O–H groups in total. The normalized spacial score (nSPS) is 11.9. The van der Waals surface area contributed by atoms with Gasteiger partial charge in [0.2, 0.25) is 16.0 Å². The maximum atomic E-state index is 11.9. The van der Waals surface area contributed by atoms with Crippen LogP contribution in [0.5, 0.6) is 0 Å². The van der Waals surface area contributed by atoms with Gasteiger partial charge in [0.25, 0.3) is 0 Å². The number of hydrogen-bond acceptors (Lipinski definition) is 6. The molecule has 0 aromatic carbocycles. The number of fused-ring (bicyclic) bond motifs is 1. The summed E-state index contributed by atoms with van der Waals surface area (Å²) in [6, 6.07) is 2.00. The molecule has 3 heterocycles. The molecule has 3 rings (SSSR count). The van der Waals surface area contributed by atoms with Crippen molar-refractivity contribution in [2.45, 2.75) is 47.0 Å². The summed E-state index contributed by atoms with van der Waals surface area (Å²) in [5.41, 5.74) is 4.37. The summed E-state index contributed by atoms with van der Waals surface area (Å²) in [7, 11) is -3.44. The Balaban J connectivity index is 2.14. The van der Waals surface area contributed by atoms with E-state index in [-0.39, 0.29) is 11.7 Å². The molecule has 0 amide bonds. The smallest absolute Gasteiger partial charge is 0.237 e. The van der Waals surface area contributed by atoms with Gasteiger partial charge in [0.15, 0.2) is 5.65 Å². The quantitative estimate of drug-likeness (QED) is 0.668. The lowest BCUT2D eigenvalue weighted by molar-refractivity contribution is 0.602. The zero-order valence-corrected chi connectivity index (χ0v) is 16.8. The second-order valence-corrected chi connectivity index (χ2v) is 8.54. The van der Waals surface area contributed by atoms with Crippen molar-refractivity contribution in [2.24, 2.45) is 0 Å². The molecule has 0 unspecified atom stereocenters. The molecular formula is C18H24N6O2S. The summed E-state index contributed by atoms with van der Waals surface area (Å²) in [4.78, 5) is 8.75. The lowest BCUT2D eigenvalue weighted by atomic mass is 10.0. The van der Waals surface area contributed by atoms with E-state index in [2.05, 4.69) is 31.8 Å². The van der Waals surface area contributed by atoms with E-state index >= 15 is 0 Å². The van der Waals surface area contributed by atoms with Crippen molar-refractivity contribution in [3.63, 3.8) is 0 Å². The molecule has 0 radical (unpaired) electrons. The minimum absolute atomic E-state index is 0.0335. The second-order valence-electron chi connectivity index (χ2n) is 6.53. The van der Waals surface area contributed by atoms with Crippen LogP contribution in [0.3, 0.4) is 0 Å². The molecule has 3 aromatic heterocycles. The molecule has 9 heteroatoms. The van der Waals surface area contributed by atoms with Gasteiger partial charge >= 0.3 is 0 Å². The van der Waals surface area contributed by atoms with Gasteiger partial charge in [-0.1, -0.05) is 13.3 Å². The number of nitrogens with zero attached hydrogens (tertiary/aromatic N) is 5. The Morgan fingerprint density at radius 2 is 1.96 bits per heavy atom. The monoisotopic (exact) mass is 388 g/mol. The van der Waals surface area contributed by atoms with E-state index in [1.54, 1.807) is 13.1 Å². The minimum Gasteiger partial charge on any atom is -0.286 e. The Hall–Kier alpha value is -2.55. The fourth-order valence-electron chi connectivity index (χ4n) is 2.86. The van der Waals surface area contributed by atoms with Crippen LogP contribution in [0.15, 0.2) is 18.5 Å². The lowest BCUT2D eigenvalue weighted by Crippen LogP contribution is -2.17. The third-order valence-electron chi connectivity index (χ3n) is 4.42. The molecule has 27 heavy (non-hydrogen) atoms. The third kappa shape index (κ3) is 4.08. The van der Waals surface area contributed by atoms with Crippen LogP contribution in [0.1, 0.15) is 43.6 Å². The highest BCUT2D eigenvalue weighted by molar-refractivity contribution is 7.92. The number of nitrogens with one attached hydrogen (secondary N) is 1. The predicted molar refractivity (Wildman–Crippen MR) is 105 cm³/mol. The summed E-state index contributed by atoms with van der Waals surface area (Å²) in [6.45, 7) is 7.56. The van der Waals surface area contributed by atoms with Crippen molar-refractivity contribution in [1.29, 1.82) is 0 Å². The Morgan fingerprint density at radius 3 is 2.67 bits per heavy atom. The summed E-state index contributed by atoms with van der Waals surface area (Å²) < 4.78 is 28.2. The van der Waals surface area contributed by atoms with Crippen molar-refractivity contribution in [2.75, 3.05) is 10.5 Å². The first kappa shape index (κ1) is 19.2. The fraction of sp³-hybridized carbons (Fsp3) is 0.444. The molecule has 3 aromatic rings. The molecule has 0 aliphatic carbocycles. The van der Waals surface area contributed by atoms with E-state index in [9.17, 15) is 8.42 Å². The molecule has 8 nitrogen and oxygen atoms in total. The fourth-order valence-corrected chi connectivity index (χ4v) is 3.38. The molecule has 0 aliphatic rings. The number of anilines is 1. The molecule has 0 spiro atoms. The Morgan fingerprint density at radius 1 is 1.19 bits per heavy atom. The Bertz CT molecular complexity index is 1070. The number of aromatic nitrogens is 5. The SMILES string of the molecule is CCCCc1cnc(NS(=O)(=O)CC)nc1-c1cc(C)c2nnc(C)n2c1. The van der Waals surface area contributed by atoms with E-state index in [0.717, 1.165) is 53.1 Å². The molecule has 0 bridgehead atoms. The molecule has 0 fully saturated rings. The van der Waals surface area contributed by atoms with Crippen molar-refractivity contribution in [3.8, 4) is 11.3 Å². The van der Waals surface area contributed by atoms with E-state index in [4.69, 9.17) is 0 Å². The van der Waals surface area contributed by atoms with Gasteiger partial charge in [-0.3, -0.25) is 9.12 Å². The van der Waals surface area contributed by atoms with E-state index < -0.39 is 10.0 Å². The number of pyridine rings is 1. The van der Waals surface area contributed by atoms with Gasteiger partial charge in [0.05, 0.1) is 11.4 Å². The predicted octanol–water partition coefficient (Wildman–Crippen LogP) is 2.91. The first-order valence-corrected chi connectivity index (χ1v) is 10.7. The summed E-state index contributed by atoms with van der Waals surface area (Å²) in [6.07, 6.45) is 6.53. The van der Waals surface area contributed by atoms with Crippen LogP contribution in [0.25, 0.3) is 16.9 Å². The second kappa shape index (κ2) is 7.59. The maximum absolute atomic E-state index is 11.9. The molecule has 0 atom stereocenters. The highest BCUT2D eigenvalue weighted by atomic mass is 32.2. The summed E-state index contributed by atoms with van der Waals surface area (Å²) in [5.74, 6) is 0.838. The first-order valence-electron chi connectivity index (χ1n) is 9.03. The van der Waals surface area contributed by atoms with Gasteiger partial charge in [-0.2, -0.15) is 0 Å². The first-order chi connectivity index (χ1) is 12.8. The highest BCUT2D eigenvalue weighted by Gasteiger charge is 2.16. The van der Waals surface area contributed by atoms with Crippen LogP contribution < -0.4 is 4.72 Å². The van der Waals surface area contributed by atoms with Crippen molar-refractivity contribution in [1.82, 2.24) is 24.6 Å². The third-order valence-corrected chi connectivity index (χ3v) is 5.68. The van der Waals surface area contributed by atoms with E-state index in [0.29, 0.717) is 0 Å². The molecule has 0 saturated carbocycles. The maximum Gasteiger partial charge on any atom is 0.237 e. The van der Waals surface area contributed by atoms with Gasteiger partial charge in [-0.05, 0) is 50.8 Å². The van der Waals surface area contributed by atoms with Crippen LogP contribution >= 0.6 is 0 Å². The van der Waals surface area contributed by atoms with Crippen LogP contribution in [-0.4, -0.2) is 38.7 Å². The Labute approximate surface area is 159 Å². The highest BCUT2D eigenvalue weighted by Crippen LogP contribution is 2.26. The van der Waals surface area contributed by atoms with Gasteiger partial charge in [-0.25, -0.2) is 18.4 Å². The average Bonchev–Trinajstić information content (AvgIpc) is 3.02. The molecule has 0 saturated heterocycles. The van der Waals surface area contributed by atoms with Gasteiger partial charge in [0.1, 0.15) is 5.82 Å². The van der Waals surface area contributed by atoms with E-state index in [1.807, 2.05) is 30.5 Å². The number of hydrogen-bond donors (Lipinski definition) is 1. The zero-order chi connectivity index (χ0) is 19.6. The van der Waals surface area contributed by atoms with Crippen molar-refractivity contribution >= 4 is 21.6 Å². The standard InChI is InChI=1S/C18H24N6O2S/c1-5-7-8-14-10-19-18(23-27(25,26)6-2)20-16(14)15-9-12(3)17-22-21-13(4)24(17)11-15/h9-11H,5-8H2,1-4H3,(H,19,20,23). The molecule has 0 aliphatic heterocycles. The molecular weight excluding hydrogens is 364 g/mol. The number of rotatable bonds is 7. The van der Waals surface area contributed by atoms with Crippen LogP contribution in [0.4, 0.5) is 5.95 Å². The number of aryl methyl sites for hydroxylation is 3. The largest absolute Gasteiger partial charge is 0.286 e. The summed E-state index contributed by atoms with van der Waals surface area (Å²) >= 11 is 0. The van der Waals surface area contributed by atoms with E-state index in [1.165, 1.54) is 0 Å². The van der Waals surface area contributed by atoms with Gasteiger partial charge in [0, 0.05) is 18.0 Å². The average molecular weight is 388 g/mol. The zero-order valence-electron chi connectivity index (χ0n) is 16.0. The Kier molecular flexibility index (Phi) is 5.41. The number of sulfonamides is 1. The number of unbranched alkanes of at least 4 members (excludes halogenated alkanes) is 1. The van der Waals surface area contributed by atoms with Crippen LogP contribution in [0, 0.1) is 13.8 Å². The lowest BCUT2D eigenvalue weighted by Gasteiger charge is -2.12. The van der Waals surface area contributed by atoms with Crippen LogP contribution in [-0.2, 0) is 16.4 Å². The molecule has 144 valence electrons. The minimum atomic E-state index is -3.44. The van der Waals surface area contributed by atoms with Crippen LogP contribution in [0.2, 0.25) is 0 Å². The topological polar surface area (TPSA) is 102 Å². The summed E-state index contributed by atoms with van der Waals surface area (Å²) in [5, 5.41) is 8.32. The van der Waals surface area contributed by atoms with Crippen molar-refractivity contribution < 1.29 is 8.42 Å². The van der Waals surface area contributed by atoms with Gasteiger partial charge < -0.3 is 0 Å². The van der Waals surface area contributed by atoms with Gasteiger partial charge in [-0.15, -0.1) is 10.2 Å².